The molecule has 0 unspecified atom stereocenters. The van der Waals surface area contributed by atoms with Gasteiger partial charge in [-0.25, -0.2) is 8.42 Å². The van der Waals surface area contributed by atoms with Crippen molar-refractivity contribution in [2.75, 3.05) is 39.3 Å². The van der Waals surface area contributed by atoms with Crippen molar-refractivity contribution in [2.45, 2.75) is 51.2 Å². The van der Waals surface area contributed by atoms with E-state index in [1.165, 1.54) is 38.4 Å². The molecule has 10 heteroatoms. The van der Waals surface area contributed by atoms with E-state index in [1.807, 2.05) is 0 Å². The Morgan fingerprint density at radius 2 is 1.97 bits per heavy atom. The summed E-state index contributed by atoms with van der Waals surface area (Å²) >= 11 is 0. The minimum absolute atomic E-state index is 0. The Kier molecular flexibility index (Phi) is 10.2. The topological polar surface area (TPSA) is 91.0 Å². The van der Waals surface area contributed by atoms with E-state index in [0.29, 0.717) is 31.9 Å². The summed E-state index contributed by atoms with van der Waals surface area (Å²) in [5.41, 5.74) is 0.444. The lowest BCUT2D eigenvalue weighted by Crippen LogP contribution is -2.53. The van der Waals surface area contributed by atoms with E-state index < -0.39 is 10.0 Å². The van der Waals surface area contributed by atoms with E-state index in [1.54, 1.807) is 10.4 Å². The predicted octanol–water partition coefficient (Wildman–Crippen LogP) is 2.68. The number of piperazine rings is 1. The second kappa shape index (κ2) is 12.1. The van der Waals surface area contributed by atoms with Gasteiger partial charge >= 0.3 is 0 Å². The highest BCUT2D eigenvalue weighted by atomic mass is 127. The molecule has 0 bridgehead atoms. The zero-order valence-electron chi connectivity index (χ0n) is 17.3. The zero-order chi connectivity index (χ0) is 19.8. The predicted molar refractivity (Wildman–Crippen MR) is 125 cm³/mol. The molecule has 0 amide bonds. The summed E-state index contributed by atoms with van der Waals surface area (Å²) in [5.74, 6) is 1.62. The zero-order valence-corrected chi connectivity index (χ0v) is 20.4. The van der Waals surface area contributed by atoms with Crippen LogP contribution in [0.25, 0.3) is 0 Å². The molecule has 1 aromatic rings. The highest BCUT2D eigenvalue weighted by Crippen LogP contribution is 2.26. The van der Waals surface area contributed by atoms with Crippen LogP contribution in [0.15, 0.2) is 21.8 Å². The summed E-state index contributed by atoms with van der Waals surface area (Å²) in [6.07, 6.45) is 9.34. The highest BCUT2D eigenvalue weighted by molar-refractivity contribution is 14.0. The van der Waals surface area contributed by atoms with Gasteiger partial charge in [0.25, 0.3) is 0 Å². The third-order valence-electron chi connectivity index (χ3n) is 5.61. The normalized spacial score (nSPS) is 19.8. The number of hydrogen-bond donors (Lipinski definition) is 1. The van der Waals surface area contributed by atoms with Crippen molar-refractivity contribution in [3.63, 3.8) is 0 Å². The van der Waals surface area contributed by atoms with Gasteiger partial charge in [0, 0.05) is 45.3 Å². The maximum Gasteiger partial charge on any atom is 0.220 e. The third kappa shape index (κ3) is 7.39. The van der Waals surface area contributed by atoms with Gasteiger partial charge < -0.3 is 14.7 Å². The second-order valence-electron chi connectivity index (χ2n) is 7.66. The fraction of sp³-hybridized carbons (Fsp3) is 0.789. The van der Waals surface area contributed by atoms with Crippen LogP contribution in [-0.2, 0) is 15.8 Å². The molecular weight excluding hydrogens is 505 g/mol. The number of nitrogens with zero attached hydrogens (tertiary/aromatic N) is 4. The van der Waals surface area contributed by atoms with Crippen molar-refractivity contribution in [1.82, 2.24) is 19.7 Å². The molecule has 3 rings (SSSR count). The first kappa shape index (κ1) is 24.4. The standard InChI is InChI=1S/C19H33N5O3S.HI/c1-2-20-19(21-10-8-17-6-4-3-5-7-17)23-11-13-24(14-12-23)28(25,26)16-18-9-15-27-22-18;/h9,15,17H,2-8,10-14,16H2,1H3,(H,20,21);1H. The lowest BCUT2D eigenvalue weighted by atomic mass is 9.87. The van der Waals surface area contributed by atoms with Crippen molar-refractivity contribution in [3.8, 4) is 0 Å². The van der Waals surface area contributed by atoms with Gasteiger partial charge in [0.05, 0.1) is 5.69 Å². The molecule has 2 fully saturated rings. The average molecular weight is 539 g/mol. The van der Waals surface area contributed by atoms with Crippen LogP contribution < -0.4 is 5.32 Å². The molecule has 8 nitrogen and oxygen atoms in total. The van der Waals surface area contributed by atoms with Crippen LogP contribution in [0.2, 0.25) is 0 Å². The number of halogens is 1. The van der Waals surface area contributed by atoms with Gasteiger partial charge in [0.1, 0.15) is 12.0 Å². The minimum Gasteiger partial charge on any atom is -0.364 e. The average Bonchev–Trinajstić information content (AvgIpc) is 3.20. The lowest BCUT2D eigenvalue weighted by Gasteiger charge is -2.35. The molecule has 29 heavy (non-hydrogen) atoms. The number of aromatic nitrogens is 1. The van der Waals surface area contributed by atoms with E-state index >= 15 is 0 Å². The minimum atomic E-state index is -3.38. The summed E-state index contributed by atoms with van der Waals surface area (Å²) in [4.78, 5) is 6.99. The van der Waals surface area contributed by atoms with Gasteiger partial charge in [-0.3, -0.25) is 4.99 Å². The van der Waals surface area contributed by atoms with Crippen LogP contribution in [0.3, 0.4) is 0 Å². The molecule has 2 aliphatic rings. The van der Waals surface area contributed by atoms with Gasteiger partial charge in [-0.2, -0.15) is 4.31 Å². The molecule has 1 aliphatic heterocycles. The molecule has 1 N–H and O–H groups in total. The van der Waals surface area contributed by atoms with Crippen molar-refractivity contribution < 1.29 is 12.9 Å². The van der Waals surface area contributed by atoms with E-state index in [4.69, 9.17) is 9.52 Å². The molecule has 0 aromatic carbocycles. The summed E-state index contributed by atoms with van der Waals surface area (Å²) in [7, 11) is -3.38. The molecule has 0 spiro atoms. The van der Waals surface area contributed by atoms with Crippen LogP contribution in [-0.4, -0.2) is 68.0 Å². The summed E-state index contributed by atoms with van der Waals surface area (Å²) in [6, 6.07) is 1.59. The first-order valence-corrected chi connectivity index (χ1v) is 12.1. The molecule has 1 aromatic heterocycles. The lowest BCUT2D eigenvalue weighted by molar-refractivity contribution is 0.259. The highest BCUT2D eigenvalue weighted by Gasteiger charge is 2.29. The Balaban J connectivity index is 0.00000300. The number of guanidine groups is 1. The van der Waals surface area contributed by atoms with Gasteiger partial charge in [0.15, 0.2) is 5.96 Å². The first-order valence-electron chi connectivity index (χ1n) is 10.5. The number of rotatable bonds is 7. The molecule has 1 saturated heterocycles. The van der Waals surface area contributed by atoms with Crippen LogP contribution in [0.1, 0.15) is 51.1 Å². The quantitative estimate of drug-likeness (QED) is 0.326. The van der Waals surface area contributed by atoms with Gasteiger partial charge in [-0.15, -0.1) is 24.0 Å². The fourth-order valence-electron chi connectivity index (χ4n) is 4.02. The number of aliphatic imine (C=N–C) groups is 1. The third-order valence-corrected chi connectivity index (χ3v) is 7.42. The molecule has 2 heterocycles. The first-order chi connectivity index (χ1) is 13.6. The molecular formula is C19H34IN5O3S. The maximum atomic E-state index is 12.6. The second-order valence-corrected chi connectivity index (χ2v) is 9.63. The van der Waals surface area contributed by atoms with Crippen LogP contribution in [0.5, 0.6) is 0 Å². The molecule has 1 saturated carbocycles. The molecule has 166 valence electrons. The molecule has 0 radical (unpaired) electrons. The fourth-order valence-corrected chi connectivity index (χ4v) is 5.45. The van der Waals surface area contributed by atoms with Crippen molar-refractivity contribution >= 4 is 40.0 Å². The van der Waals surface area contributed by atoms with Gasteiger partial charge in [0.2, 0.25) is 10.0 Å². The van der Waals surface area contributed by atoms with Crippen LogP contribution in [0, 0.1) is 5.92 Å². The van der Waals surface area contributed by atoms with E-state index in [2.05, 4.69) is 22.3 Å². The van der Waals surface area contributed by atoms with Crippen LogP contribution in [0.4, 0.5) is 0 Å². The smallest absolute Gasteiger partial charge is 0.220 e. The summed E-state index contributed by atoms with van der Waals surface area (Å²) in [6.45, 7) is 5.95. The van der Waals surface area contributed by atoms with E-state index in [-0.39, 0.29) is 29.7 Å². The van der Waals surface area contributed by atoms with Crippen molar-refractivity contribution in [3.05, 3.63) is 18.0 Å². The van der Waals surface area contributed by atoms with Gasteiger partial charge in [-0.1, -0.05) is 37.3 Å². The number of hydrogen-bond acceptors (Lipinski definition) is 5. The summed E-state index contributed by atoms with van der Waals surface area (Å²) < 4.78 is 31.4. The largest absolute Gasteiger partial charge is 0.364 e. The Hall–Kier alpha value is -0.880. The number of nitrogens with one attached hydrogen (secondary N) is 1. The van der Waals surface area contributed by atoms with Gasteiger partial charge in [-0.05, 0) is 19.3 Å². The SMILES string of the molecule is CCNC(=NCCC1CCCCC1)N1CCN(S(=O)(=O)Cc2ccon2)CC1.I. The maximum absolute atomic E-state index is 12.6. The number of sulfonamides is 1. The monoisotopic (exact) mass is 539 g/mol. The Morgan fingerprint density at radius 3 is 2.59 bits per heavy atom. The molecule has 1 aliphatic carbocycles. The molecule has 0 atom stereocenters. The Labute approximate surface area is 191 Å². The van der Waals surface area contributed by atoms with E-state index in [9.17, 15) is 8.42 Å². The van der Waals surface area contributed by atoms with E-state index in [0.717, 1.165) is 31.4 Å². The summed E-state index contributed by atoms with van der Waals surface area (Å²) in [5, 5.41) is 7.08. The Morgan fingerprint density at radius 1 is 1.24 bits per heavy atom. The van der Waals surface area contributed by atoms with Crippen molar-refractivity contribution in [2.24, 2.45) is 10.9 Å². The Bertz CT molecular complexity index is 712. The van der Waals surface area contributed by atoms with Crippen LogP contribution >= 0.6 is 24.0 Å². The van der Waals surface area contributed by atoms with Crippen molar-refractivity contribution in [1.29, 1.82) is 0 Å².